The zero-order chi connectivity index (χ0) is 18.5. The van der Waals surface area contributed by atoms with Crippen LogP contribution in [0.15, 0.2) is 34.1 Å². The van der Waals surface area contributed by atoms with Gasteiger partial charge in [-0.05, 0) is 49.6 Å². The summed E-state index contributed by atoms with van der Waals surface area (Å²) in [4.78, 5) is 2.46. The number of nitrogens with one attached hydrogen (secondary N) is 1. The quantitative estimate of drug-likeness (QED) is 0.703. The van der Waals surface area contributed by atoms with Crippen LogP contribution in [0.2, 0.25) is 0 Å². The molecule has 142 valence electrons. The van der Waals surface area contributed by atoms with Crippen molar-refractivity contribution in [1.82, 2.24) is 9.62 Å². The van der Waals surface area contributed by atoms with E-state index in [0.29, 0.717) is 13.2 Å². The molecule has 0 aliphatic carbocycles. The Hall–Kier alpha value is -1.00. The first kappa shape index (κ1) is 20.3. The van der Waals surface area contributed by atoms with E-state index in [2.05, 4.69) is 9.62 Å². The predicted molar refractivity (Wildman–Crippen MR) is 95.8 cm³/mol. The molecule has 1 fully saturated rings. The van der Waals surface area contributed by atoms with Gasteiger partial charge in [0.15, 0.2) is 9.84 Å². The second kappa shape index (κ2) is 8.59. The van der Waals surface area contributed by atoms with Gasteiger partial charge >= 0.3 is 0 Å². The van der Waals surface area contributed by atoms with Gasteiger partial charge in [-0.2, -0.15) is 0 Å². The van der Waals surface area contributed by atoms with Crippen LogP contribution < -0.4 is 4.72 Å². The van der Waals surface area contributed by atoms with Gasteiger partial charge in [0.1, 0.15) is 0 Å². The number of benzene rings is 1. The van der Waals surface area contributed by atoms with Crippen molar-refractivity contribution < 1.29 is 21.6 Å². The minimum Gasteiger partial charge on any atom is -0.383 e. The normalized spacial score (nSPS) is 19.8. The number of methoxy groups -OCH3 is 1. The third kappa shape index (κ3) is 6.03. The molecule has 1 saturated heterocycles. The maximum atomic E-state index is 12.4. The Labute approximate surface area is 150 Å². The minimum atomic E-state index is -3.64. The number of hydrogen-bond donors (Lipinski definition) is 1. The van der Waals surface area contributed by atoms with Gasteiger partial charge in [-0.25, -0.2) is 21.6 Å². The van der Waals surface area contributed by atoms with Gasteiger partial charge in [-0.15, -0.1) is 0 Å². The van der Waals surface area contributed by atoms with Crippen molar-refractivity contribution in [2.75, 3.05) is 46.2 Å². The summed E-state index contributed by atoms with van der Waals surface area (Å²) in [6, 6.07) is 5.28. The lowest BCUT2D eigenvalue weighted by Gasteiger charge is -2.32. The highest BCUT2D eigenvalue weighted by atomic mass is 32.2. The molecule has 0 aromatic heterocycles. The summed E-state index contributed by atoms with van der Waals surface area (Å²) in [6.07, 6.45) is 3.12. The van der Waals surface area contributed by atoms with Crippen LogP contribution in [-0.2, 0) is 24.6 Å². The van der Waals surface area contributed by atoms with E-state index >= 15 is 0 Å². The molecule has 1 aromatic rings. The lowest BCUT2D eigenvalue weighted by Crippen LogP contribution is -2.42. The SMILES string of the molecule is COCCN1CCC[C@@H](CNS(=O)(=O)c2ccc(S(C)(=O)=O)cc2)C1. The van der Waals surface area contributed by atoms with E-state index in [9.17, 15) is 16.8 Å². The predicted octanol–water partition coefficient (Wildman–Crippen LogP) is 0.727. The molecule has 0 radical (unpaired) electrons. The van der Waals surface area contributed by atoms with Crippen LogP contribution in [0.1, 0.15) is 12.8 Å². The molecule has 25 heavy (non-hydrogen) atoms. The number of rotatable bonds is 8. The molecule has 1 atom stereocenters. The molecule has 1 aliphatic rings. The van der Waals surface area contributed by atoms with E-state index in [1.165, 1.54) is 24.3 Å². The molecule has 1 heterocycles. The highest BCUT2D eigenvalue weighted by Gasteiger charge is 2.22. The first-order valence-electron chi connectivity index (χ1n) is 8.23. The van der Waals surface area contributed by atoms with Crippen LogP contribution in [0, 0.1) is 5.92 Å². The van der Waals surface area contributed by atoms with Crippen molar-refractivity contribution in [2.24, 2.45) is 5.92 Å². The van der Waals surface area contributed by atoms with Gasteiger partial charge < -0.3 is 9.64 Å². The Morgan fingerprint density at radius 1 is 1.16 bits per heavy atom. The second-order valence-corrected chi connectivity index (χ2v) is 10.2. The highest BCUT2D eigenvalue weighted by molar-refractivity contribution is 7.90. The van der Waals surface area contributed by atoms with Crippen molar-refractivity contribution in [3.63, 3.8) is 0 Å². The molecule has 1 aromatic carbocycles. The molecule has 7 nitrogen and oxygen atoms in total. The maximum absolute atomic E-state index is 12.4. The van der Waals surface area contributed by atoms with Crippen LogP contribution in [0.3, 0.4) is 0 Å². The number of sulfonamides is 1. The van der Waals surface area contributed by atoms with Gasteiger partial charge in [0.05, 0.1) is 16.4 Å². The lowest BCUT2D eigenvalue weighted by molar-refractivity contribution is 0.115. The van der Waals surface area contributed by atoms with Gasteiger partial charge in [-0.1, -0.05) is 0 Å². The Bertz CT molecular complexity index is 760. The van der Waals surface area contributed by atoms with Gasteiger partial charge in [0, 0.05) is 33.0 Å². The van der Waals surface area contributed by atoms with Crippen LogP contribution >= 0.6 is 0 Å². The summed E-state index contributed by atoms with van der Waals surface area (Å²) in [5, 5.41) is 0. The van der Waals surface area contributed by atoms with Crippen molar-refractivity contribution in [2.45, 2.75) is 22.6 Å². The maximum Gasteiger partial charge on any atom is 0.240 e. The number of ether oxygens (including phenoxy) is 1. The van der Waals surface area contributed by atoms with E-state index in [4.69, 9.17) is 4.74 Å². The van der Waals surface area contributed by atoms with Gasteiger partial charge in [0.2, 0.25) is 10.0 Å². The summed E-state index contributed by atoms with van der Waals surface area (Å²) < 4.78 is 55.4. The molecular formula is C16H26N2O5S2. The Morgan fingerprint density at radius 2 is 1.80 bits per heavy atom. The average Bonchev–Trinajstić information content (AvgIpc) is 2.58. The largest absolute Gasteiger partial charge is 0.383 e. The van der Waals surface area contributed by atoms with Crippen LogP contribution in [0.5, 0.6) is 0 Å². The van der Waals surface area contributed by atoms with Crippen LogP contribution in [-0.4, -0.2) is 67.9 Å². The lowest BCUT2D eigenvalue weighted by atomic mass is 9.98. The van der Waals surface area contributed by atoms with E-state index in [1.54, 1.807) is 7.11 Å². The molecule has 2 rings (SSSR count). The minimum absolute atomic E-state index is 0.0759. The summed E-state index contributed by atoms with van der Waals surface area (Å²) in [7, 11) is -5.31. The van der Waals surface area contributed by atoms with Crippen molar-refractivity contribution in [3.05, 3.63) is 24.3 Å². The van der Waals surface area contributed by atoms with Crippen molar-refractivity contribution >= 4 is 19.9 Å². The van der Waals surface area contributed by atoms with Crippen LogP contribution in [0.25, 0.3) is 0 Å². The summed E-state index contributed by atoms with van der Waals surface area (Å²) in [6.45, 7) is 3.76. The molecule has 1 N–H and O–H groups in total. The monoisotopic (exact) mass is 390 g/mol. The second-order valence-electron chi connectivity index (χ2n) is 6.40. The Kier molecular flexibility index (Phi) is 6.98. The molecule has 0 unspecified atom stereocenters. The number of nitrogens with zero attached hydrogens (tertiary/aromatic N) is 1. The molecule has 0 bridgehead atoms. The molecule has 0 spiro atoms. The van der Waals surface area contributed by atoms with Crippen molar-refractivity contribution in [3.8, 4) is 0 Å². The first-order valence-corrected chi connectivity index (χ1v) is 11.6. The van der Waals surface area contributed by atoms with Crippen molar-refractivity contribution in [1.29, 1.82) is 0 Å². The van der Waals surface area contributed by atoms with E-state index < -0.39 is 19.9 Å². The summed E-state index contributed by atoms with van der Waals surface area (Å²) in [5.74, 6) is 0.260. The van der Waals surface area contributed by atoms with Gasteiger partial charge in [-0.3, -0.25) is 0 Å². The number of sulfone groups is 1. The molecule has 9 heteroatoms. The zero-order valence-electron chi connectivity index (χ0n) is 14.6. The van der Waals surface area contributed by atoms with Crippen LogP contribution in [0.4, 0.5) is 0 Å². The standard InChI is InChI=1S/C16H26N2O5S2/c1-23-11-10-18-9-3-4-14(13-18)12-17-25(21,22)16-7-5-15(6-8-16)24(2,19)20/h5-8,14,17H,3-4,9-13H2,1-2H3/t14-/m0/s1. The van der Waals surface area contributed by atoms with E-state index in [0.717, 1.165) is 38.7 Å². The topological polar surface area (TPSA) is 92.8 Å². The fourth-order valence-electron chi connectivity index (χ4n) is 2.92. The fraction of sp³-hybridized carbons (Fsp3) is 0.625. The number of likely N-dealkylation sites (tertiary alicyclic amines) is 1. The summed E-state index contributed by atoms with van der Waals surface area (Å²) in [5.41, 5.74) is 0. The highest BCUT2D eigenvalue weighted by Crippen LogP contribution is 2.18. The molecular weight excluding hydrogens is 364 g/mol. The Balaban J connectivity index is 1.95. The average molecular weight is 391 g/mol. The third-order valence-corrected chi connectivity index (χ3v) is 6.91. The molecule has 0 saturated carbocycles. The smallest absolute Gasteiger partial charge is 0.240 e. The summed E-state index contributed by atoms with van der Waals surface area (Å²) >= 11 is 0. The Morgan fingerprint density at radius 3 is 2.40 bits per heavy atom. The third-order valence-electron chi connectivity index (χ3n) is 4.34. The fourth-order valence-corrected chi connectivity index (χ4v) is 4.66. The molecule has 0 amide bonds. The van der Waals surface area contributed by atoms with E-state index in [-0.39, 0.29) is 15.7 Å². The van der Waals surface area contributed by atoms with E-state index in [1.807, 2.05) is 0 Å². The number of piperidine rings is 1. The van der Waals surface area contributed by atoms with Gasteiger partial charge in [0.25, 0.3) is 0 Å². The molecule has 1 aliphatic heterocycles. The first-order chi connectivity index (χ1) is 11.7. The number of hydrogen-bond acceptors (Lipinski definition) is 6. The zero-order valence-corrected chi connectivity index (χ0v) is 16.3.